The molecule has 1 aromatic rings. The van der Waals surface area contributed by atoms with Gasteiger partial charge in [-0.3, -0.25) is 4.99 Å². The highest BCUT2D eigenvalue weighted by molar-refractivity contribution is 14.0. The topological polar surface area (TPSA) is 66.3 Å². The van der Waals surface area contributed by atoms with Crippen molar-refractivity contribution >= 4 is 29.9 Å². The van der Waals surface area contributed by atoms with Crippen LogP contribution in [0.15, 0.2) is 35.3 Å². The molecule has 0 unspecified atom stereocenters. The van der Waals surface area contributed by atoms with Crippen molar-refractivity contribution in [2.45, 2.75) is 44.3 Å². The normalized spacial score (nSPS) is 20.7. The molecule has 1 aromatic carbocycles. The van der Waals surface area contributed by atoms with Crippen molar-refractivity contribution in [3.05, 3.63) is 30.3 Å². The molecule has 0 radical (unpaired) electrons. The predicted octanol–water partition coefficient (Wildman–Crippen LogP) is 2.65. The van der Waals surface area contributed by atoms with E-state index in [0.717, 1.165) is 44.2 Å². The summed E-state index contributed by atoms with van der Waals surface area (Å²) in [5.41, 5.74) is -0.729. The molecular formula is C20H32IN3O3. The zero-order valence-electron chi connectivity index (χ0n) is 16.1. The van der Waals surface area contributed by atoms with Crippen molar-refractivity contribution in [2.24, 2.45) is 4.99 Å². The molecule has 2 saturated heterocycles. The van der Waals surface area contributed by atoms with Crippen molar-refractivity contribution in [1.82, 2.24) is 10.2 Å². The molecule has 0 aliphatic carbocycles. The largest absolute Gasteiger partial charge is 0.490 e. The van der Waals surface area contributed by atoms with Crippen LogP contribution in [0.3, 0.4) is 0 Å². The molecule has 7 heteroatoms. The van der Waals surface area contributed by atoms with Crippen LogP contribution >= 0.6 is 24.0 Å². The zero-order valence-corrected chi connectivity index (χ0v) is 18.4. The van der Waals surface area contributed by atoms with Crippen molar-refractivity contribution in [3.8, 4) is 5.75 Å². The maximum absolute atomic E-state index is 10.6. The molecule has 27 heavy (non-hydrogen) atoms. The Morgan fingerprint density at radius 2 is 1.93 bits per heavy atom. The molecule has 152 valence electrons. The Labute approximate surface area is 179 Å². The molecule has 0 spiro atoms. The molecule has 2 aliphatic heterocycles. The third-order valence-electron chi connectivity index (χ3n) is 5.07. The van der Waals surface area contributed by atoms with Gasteiger partial charge in [-0.15, -0.1) is 24.0 Å². The number of nitrogens with zero attached hydrogens (tertiary/aromatic N) is 2. The van der Waals surface area contributed by atoms with Gasteiger partial charge in [-0.25, -0.2) is 0 Å². The maximum Gasteiger partial charge on any atom is 0.194 e. The highest BCUT2D eigenvalue weighted by atomic mass is 127. The first-order valence-electron chi connectivity index (χ1n) is 9.74. The summed E-state index contributed by atoms with van der Waals surface area (Å²) in [4.78, 5) is 7.00. The number of aliphatic imine (C=N–C) groups is 1. The van der Waals surface area contributed by atoms with Gasteiger partial charge in [0.25, 0.3) is 0 Å². The number of likely N-dealkylation sites (tertiary alicyclic amines) is 1. The minimum Gasteiger partial charge on any atom is -0.490 e. The number of hydrogen-bond donors (Lipinski definition) is 2. The van der Waals surface area contributed by atoms with E-state index < -0.39 is 5.60 Å². The molecule has 2 aliphatic rings. The van der Waals surface area contributed by atoms with Gasteiger partial charge in [0.1, 0.15) is 11.9 Å². The van der Waals surface area contributed by atoms with Crippen molar-refractivity contribution in [1.29, 1.82) is 0 Å². The second kappa shape index (κ2) is 11.1. The van der Waals surface area contributed by atoms with Gasteiger partial charge in [-0.05, 0) is 19.1 Å². The first-order valence-corrected chi connectivity index (χ1v) is 9.74. The standard InChI is InChI=1S/C20H31N3O3.HI/c1-2-21-19(22-16-20(24)10-14-25-15-11-20)23-12-8-18(9-13-23)26-17-6-4-3-5-7-17;/h3-7,18,24H,2,8-16H2,1H3,(H,21,22);1H. The van der Waals surface area contributed by atoms with Crippen LogP contribution in [0, 0.1) is 0 Å². The average molecular weight is 489 g/mol. The number of nitrogens with one attached hydrogen (secondary N) is 1. The van der Waals surface area contributed by atoms with Crippen LogP contribution in [-0.2, 0) is 4.74 Å². The Morgan fingerprint density at radius 3 is 2.56 bits per heavy atom. The molecule has 2 heterocycles. The molecule has 0 amide bonds. The molecule has 0 bridgehead atoms. The van der Waals surface area contributed by atoms with Crippen LogP contribution < -0.4 is 10.1 Å². The van der Waals surface area contributed by atoms with Crippen LogP contribution in [0.1, 0.15) is 32.6 Å². The van der Waals surface area contributed by atoms with Gasteiger partial charge in [0.2, 0.25) is 0 Å². The summed E-state index contributed by atoms with van der Waals surface area (Å²) < 4.78 is 11.4. The Balaban J connectivity index is 0.00000261. The Hall–Kier alpha value is -1.06. The number of benzene rings is 1. The van der Waals surface area contributed by atoms with E-state index in [0.29, 0.717) is 32.6 Å². The van der Waals surface area contributed by atoms with Crippen LogP contribution in [0.2, 0.25) is 0 Å². The van der Waals surface area contributed by atoms with E-state index in [9.17, 15) is 5.11 Å². The van der Waals surface area contributed by atoms with Crippen LogP contribution in [0.4, 0.5) is 0 Å². The summed E-state index contributed by atoms with van der Waals surface area (Å²) in [6, 6.07) is 10.0. The molecular weight excluding hydrogens is 457 g/mol. The number of hydrogen-bond acceptors (Lipinski definition) is 4. The number of aliphatic hydroxyl groups is 1. The summed E-state index contributed by atoms with van der Waals surface area (Å²) in [6.07, 6.45) is 3.50. The van der Waals surface area contributed by atoms with Gasteiger partial charge in [0.05, 0.1) is 12.1 Å². The second-order valence-corrected chi connectivity index (χ2v) is 7.12. The van der Waals surface area contributed by atoms with Crippen molar-refractivity contribution < 1.29 is 14.6 Å². The summed E-state index contributed by atoms with van der Waals surface area (Å²) in [6.45, 7) is 6.37. The molecule has 0 atom stereocenters. The van der Waals surface area contributed by atoms with E-state index in [4.69, 9.17) is 14.5 Å². The fourth-order valence-electron chi connectivity index (χ4n) is 3.43. The van der Waals surface area contributed by atoms with Gasteiger partial charge in [0, 0.05) is 58.5 Å². The molecule has 6 nitrogen and oxygen atoms in total. The summed E-state index contributed by atoms with van der Waals surface area (Å²) in [5.74, 6) is 1.83. The maximum atomic E-state index is 10.6. The lowest BCUT2D eigenvalue weighted by molar-refractivity contribution is -0.0567. The number of halogens is 1. The third kappa shape index (κ3) is 6.80. The molecule has 0 aromatic heterocycles. The number of rotatable bonds is 5. The number of guanidine groups is 1. The molecule has 3 rings (SSSR count). The first-order chi connectivity index (χ1) is 12.7. The SMILES string of the molecule is CCNC(=NCC1(O)CCOCC1)N1CCC(Oc2ccccc2)CC1.I. The van der Waals surface area contributed by atoms with Crippen LogP contribution in [-0.4, -0.2) is 67.1 Å². The Bertz CT molecular complexity index is 571. The highest BCUT2D eigenvalue weighted by Crippen LogP contribution is 2.22. The van der Waals surface area contributed by atoms with E-state index in [1.807, 2.05) is 30.3 Å². The van der Waals surface area contributed by atoms with E-state index >= 15 is 0 Å². The fourth-order valence-corrected chi connectivity index (χ4v) is 3.43. The minimum atomic E-state index is -0.729. The van der Waals surface area contributed by atoms with E-state index in [1.54, 1.807) is 0 Å². The van der Waals surface area contributed by atoms with E-state index in [1.165, 1.54) is 0 Å². The fraction of sp³-hybridized carbons (Fsp3) is 0.650. The van der Waals surface area contributed by atoms with Gasteiger partial charge < -0.3 is 24.8 Å². The average Bonchev–Trinajstić information content (AvgIpc) is 2.67. The lowest BCUT2D eigenvalue weighted by Gasteiger charge is -2.35. The third-order valence-corrected chi connectivity index (χ3v) is 5.07. The van der Waals surface area contributed by atoms with Gasteiger partial charge in [-0.2, -0.15) is 0 Å². The van der Waals surface area contributed by atoms with Gasteiger partial charge in [0.15, 0.2) is 5.96 Å². The van der Waals surface area contributed by atoms with Crippen LogP contribution in [0.25, 0.3) is 0 Å². The number of piperidine rings is 1. The number of ether oxygens (including phenoxy) is 2. The lowest BCUT2D eigenvalue weighted by Crippen LogP contribution is -2.48. The first kappa shape index (κ1) is 22.2. The van der Waals surface area contributed by atoms with Crippen molar-refractivity contribution in [2.75, 3.05) is 39.4 Å². The second-order valence-electron chi connectivity index (χ2n) is 7.12. The summed E-state index contributed by atoms with van der Waals surface area (Å²) in [7, 11) is 0. The van der Waals surface area contributed by atoms with Gasteiger partial charge >= 0.3 is 0 Å². The molecule has 0 saturated carbocycles. The van der Waals surface area contributed by atoms with E-state index in [2.05, 4.69) is 17.1 Å². The monoisotopic (exact) mass is 489 g/mol. The number of para-hydroxylation sites is 1. The van der Waals surface area contributed by atoms with Gasteiger partial charge in [-0.1, -0.05) is 18.2 Å². The Kier molecular flexibility index (Phi) is 9.11. The molecule has 2 fully saturated rings. The van der Waals surface area contributed by atoms with E-state index in [-0.39, 0.29) is 30.1 Å². The molecule has 2 N–H and O–H groups in total. The summed E-state index contributed by atoms with van der Waals surface area (Å²) in [5, 5.41) is 14.0. The van der Waals surface area contributed by atoms with Crippen LogP contribution in [0.5, 0.6) is 5.75 Å². The zero-order chi connectivity index (χ0) is 18.2. The Morgan fingerprint density at radius 1 is 1.26 bits per heavy atom. The minimum absolute atomic E-state index is 0. The lowest BCUT2D eigenvalue weighted by atomic mass is 9.95. The smallest absolute Gasteiger partial charge is 0.194 e. The highest BCUT2D eigenvalue weighted by Gasteiger charge is 2.30. The summed E-state index contributed by atoms with van der Waals surface area (Å²) >= 11 is 0. The van der Waals surface area contributed by atoms with Crippen molar-refractivity contribution in [3.63, 3.8) is 0 Å². The predicted molar refractivity (Wildman–Crippen MR) is 118 cm³/mol. The quantitative estimate of drug-likeness (QED) is 0.378.